The molecule has 28 heavy (non-hydrogen) atoms. The van der Waals surface area contributed by atoms with Crippen LogP contribution in [0.15, 0.2) is 47.8 Å². The van der Waals surface area contributed by atoms with Gasteiger partial charge in [-0.1, -0.05) is 44.2 Å². The second-order valence-corrected chi connectivity index (χ2v) is 7.54. The molecule has 1 atom stereocenters. The summed E-state index contributed by atoms with van der Waals surface area (Å²) < 4.78 is 0. The summed E-state index contributed by atoms with van der Waals surface area (Å²) in [6.45, 7) is 6.00. The average molecular weight is 395 g/mol. The van der Waals surface area contributed by atoms with Crippen molar-refractivity contribution in [3.63, 3.8) is 0 Å². The number of thiazole rings is 1. The number of aryl methyl sites for hydroxylation is 1. The summed E-state index contributed by atoms with van der Waals surface area (Å²) in [5.74, 6) is 0.0917. The van der Waals surface area contributed by atoms with Crippen molar-refractivity contribution < 1.29 is 9.72 Å². The lowest BCUT2D eigenvalue weighted by molar-refractivity contribution is -0.385. The maximum absolute atomic E-state index is 12.4. The first kappa shape index (κ1) is 19.7. The first-order valence-electron chi connectivity index (χ1n) is 9.01. The Hall–Kier alpha value is -3.06. The van der Waals surface area contributed by atoms with Crippen molar-refractivity contribution in [1.82, 2.24) is 4.98 Å². The zero-order valence-electron chi connectivity index (χ0n) is 15.9. The maximum atomic E-state index is 12.4. The van der Waals surface area contributed by atoms with Gasteiger partial charge in [-0.3, -0.25) is 20.2 Å². The van der Waals surface area contributed by atoms with Crippen molar-refractivity contribution in [2.75, 3.05) is 5.32 Å². The second kappa shape index (κ2) is 8.31. The number of carbonyl (C=O) groups is 1. The van der Waals surface area contributed by atoms with Gasteiger partial charge in [0.05, 0.1) is 10.6 Å². The minimum atomic E-state index is -0.489. The van der Waals surface area contributed by atoms with Crippen LogP contribution in [0.25, 0.3) is 11.3 Å². The van der Waals surface area contributed by atoms with Crippen LogP contribution < -0.4 is 5.32 Å². The highest BCUT2D eigenvalue weighted by molar-refractivity contribution is 7.14. The van der Waals surface area contributed by atoms with Crippen molar-refractivity contribution >= 4 is 28.1 Å². The van der Waals surface area contributed by atoms with Crippen LogP contribution in [0.3, 0.4) is 0 Å². The Balaban J connectivity index is 1.75. The van der Waals surface area contributed by atoms with Gasteiger partial charge < -0.3 is 0 Å². The van der Waals surface area contributed by atoms with Crippen molar-refractivity contribution in [2.24, 2.45) is 0 Å². The number of aromatic nitrogens is 1. The summed E-state index contributed by atoms with van der Waals surface area (Å²) in [4.78, 5) is 27.5. The van der Waals surface area contributed by atoms with Gasteiger partial charge in [0.1, 0.15) is 0 Å². The Bertz CT molecular complexity index is 1010. The molecular formula is C21H21N3O3S. The van der Waals surface area contributed by atoms with Gasteiger partial charge in [-0.05, 0) is 30.9 Å². The summed E-state index contributed by atoms with van der Waals surface area (Å²) in [5.41, 5.74) is 3.72. The minimum Gasteiger partial charge on any atom is -0.298 e. The molecule has 3 rings (SSSR count). The monoisotopic (exact) mass is 395 g/mol. The van der Waals surface area contributed by atoms with Crippen molar-refractivity contribution in [1.29, 1.82) is 0 Å². The van der Waals surface area contributed by atoms with E-state index in [9.17, 15) is 14.9 Å². The fourth-order valence-corrected chi connectivity index (χ4v) is 3.51. The van der Waals surface area contributed by atoms with Crippen molar-refractivity contribution in [2.45, 2.75) is 33.1 Å². The van der Waals surface area contributed by atoms with Gasteiger partial charge in [0, 0.05) is 28.1 Å². The van der Waals surface area contributed by atoms with Gasteiger partial charge in [-0.15, -0.1) is 11.3 Å². The first-order valence-corrected chi connectivity index (χ1v) is 9.89. The minimum absolute atomic E-state index is 0.0751. The topological polar surface area (TPSA) is 85.1 Å². The van der Waals surface area contributed by atoms with Gasteiger partial charge in [-0.2, -0.15) is 0 Å². The summed E-state index contributed by atoms with van der Waals surface area (Å²) in [6, 6.07) is 12.7. The van der Waals surface area contributed by atoms with E-state index in [1.54, 1.807) is 19.1 Å². The Labute approximate surface area is 167 Å². The summed E-state index contributed by atoms with van der Waals surface area (Å²) in [5, 5.41) is 16.1. The van der Waals surface area contributed by atoms with E-state index in [-0.39, 0.29) is 11.3 Å². The number of nitrogens with zero attached hydrogens (tertiary/aromatic N) is 2. The number of hydrogen-bond acceptors (Lipinski definition) is 5. The smallest absolute Gasteiger partial charge is 0.273 e. The van der Waals surface area contributed by atoms with Crippen LogP contribution in [0.1, 0.15) is 47.7 Å². The van der Waals surface area contributed by atoms with Crippen LogP contribution in [0.5, 0.6) is 0 Å². The van der Waals surface area contributed by atoms with Crippen LogP contribution in [0.2, 0.25) is 0 Å². The predicted octanol–water partition coefficient (Wildman–Crippen LogP) is 5.79. The SMILES string of the molecule is CCC(C)c1ccc(-c2csc(NC(=O)c3ccc(C)c([N+](=O)[O-])c3)n2)cc1. The highest BCUT2D eigenvalue weighted by Crippen LogP contribution is 2.28. The molecule has 0 saturated heterocycles. The molecule has 0 saturated carbocycles. The van der Waals surface area contributed by atoms with E-state index < -0.39 is 10.8 Å². The Morgan fingerprint density at radius 3 is 2.61 bits per heavy atom. The van der Waals surface area contributed by atoms with E-state index in [4.69, 9.17) is 0 Å². The van der Waals surface area contributed by atoms with Gasteiger partial charge in [0.15, 0.2) is 5.13 Å². The molecule has 0 spiro atoms. The molecule has 0 aliphatic heterocycles. The molecule has 0 radical (unpaired) electrons. The van der Waals surface area contributed by atoms with Crippen LogP contribution in [-0.4, -0.2) is 15.8 Å². The van der Waals surface area contributed by atoms with Crippen molar-refractivity contribution in [3.8, 4) is 11.3 Å². The van der Waals surface area contributed by atoms with Crippen molar-refractivity contribution in [3.05, 3.63) is 74.6 Å². The van der Waals surface area contributed by atoms with Crippen LogP contribution in [-0.2, 0) is 0 Å². The van der Waals surface area contributed by atoms with E-state index in [2.05, 4.69) is 36.3 Å². The number of carbonyl (C=O) groups excluding carboxylic acids is 1. The molecular weight excluding hydrogens is 374 g/mol. The van der Waals surface area contributed by atoms with E-state index in [1.807, 2.05) is 17.5 Å². The molecule has 0 fully saturated rings. The lowest BCUT2D eigenvalue weighted by atomic mass is 9.97. The summed E-state index contributed by atoms with van der Waals surface area (Å²) in [7, 11) is 0. The van der Waals surface area contributed by atoms with Gasteiger partial charge >= 0.3 is 0 Å². The zero-order valence-corrected chi connectivity index (χ0v) is 16.7. The number of nitrogens with one attached hydrogen (secondary N) is 1. The van der Waals surface area contributed by atoms with E-state index in [0.29, 0.717) is 16.6 Å². The summed E-state index contributed by atoms with van der Waals surface area (Å²) in [6.07, 6.45) is 1.09. The van der Waals surface area contributed by atoms with Gasteiger partial charge in [-0.25, -0.2) is 4.98 Å². The average Bonchev–Trinajstić information content (AvgIpc) is 3.16. The number of nitro benzene ring substituents is 1. The number of anilines is 1. The Morgan fingerprint density at radius 1 is 1.25 bits per heavy atom. The van der Waals surface area contributed by atoms with Crippen LogP contribution in [0, 0.1) is 17.0 Å². The third-order valence-corrected chi connectivity index (χ3v) is 5.54. The van der Waals surface area contributed by atoms with Gasteiger partial charge in [0.2, 0.25) is 0 Å². The quantitative estimate of drug-likeness (QED) is 0.423. The number of benzene rings is 2. The number of hydrogen-bond donors (Lipinski definition) is 1. The zero-order chi connectivity index (χ0) is 20.3. The van der Waals surface area contributed by atoms with Crippen LogP contribution >= 0.6 is 11.3 Å². The number of amides is 1. The predicted molar refractivity (Wildman–Crippen MR) is 112 cm³/mol. The Morgan fingerprint density at radius 2 is 1.96 bits per heavy atom. The second-order valence-electron chi connectivity index (χ2n) is 6.68. The van der Waals surface area contributed by atoms with E-state index in [0.717, 1.165) is 17.7 Å². The molecule has 144 valence electrons. The molecule has 3 aromatic rings. The van der Waals surface area contributed by atoms with Gasteiger partial charge in [0.25, 0.3) is 11.6 Å². The maximum Gasteiger partial charge on any atom is 0.273 e. The molecule has 7 heteroatoms. The molecule has 1 amide bonds. The molecule has 1 aromatic heterocycles. The molecule has 1 unspecified atom stereocenters. The first-order chi connectivity index (χ1) is 13.4. The molecule has 2 aromatic carbocycles. The lowest BCUT2D eigenvalue weighted by Gasteiger charge is -2.08. The van der Waals surface area contributed by atoms with E-state index in [1.165, 1.54) is 23.0 Å². The Kier molecular flexibility index (Phi) is 5.84. The third-order valence-electron chi connectivity index (χ3n) is 4.78. The highest BCUT2D eigenvalue weighted by atomic mass is 32.1. The van der Waals surface area contributed by atoms with E-state index >= 15 is 0 Å². The fourth-order valence-electron chi connectivity index (χ4n) is 2.80. The third kappa shape index (κ3) is 4.26. The highest BCUT2D eigenvalue weighted by Gasteiger charge is 2.16. The fraction of sp³-hybridized carbons (Fsp3) is 0.238. The standard InChI is InChI=1S/C21H21N3O3S/c1-4-13(2)15-7-9-16(10-8-15)18-12-28-21(22-18)23-20(25)17-6-5-14(3)19(11-17)24(26)27/h5-13H,4H2,1-3H3,(H,22,23,25). The number of rotatable bonds is 6. The largest absolute Gasteiger partial charge is 0.298 e. The molecule has 0 aliphatic rings. The number of nitro groups is 1. The molecule has 1 heterocycles. The molecule has 1 N–H and O–H groups in total. The van der Waals surface area contributed by atoms with Crippen LogP contribution in [0.4, 0.5) is 10.8 Å². The molecule has 6 nitrogen and oxygen atoms in total. The lowest BCUT2D eigenvalue weighted by Crippen LogP contribution is -2.12. The molecule has 0 bridgehead atoms. The normalized spacial score (nSPS) is 11.8. The summed E-state index contributed by atoms with van der Waals surface area (Å²) >= 11 is 1.32. The molecule has 0 aliphatic carbocycles.